The lowest BCUT2D eigenvalue weighted by Gasteiger charge is -2.18. The van der Waals surface area contributed by atoms with Crippen LogP contribution in [0.2, 0.25) is 0 Å². The maximum Gasteiger partial charge on any atom is 0.115 e. The van der Waals surface area contributed by atoms with Gasteiger partial charge in [-0.25, -0.2) is 4.98 Å². The Hall–Kier alpha value is -3.29. The largest absolute Gasteiger partial charge is 0.231 e. The second-order valence-corrected chi connectivity index (χ2v) is 9.56. The zero-order valence-electron chi connectivity index (χ0n) is 18.8. The summed E-state index contributed by atoms with van der Waals surface area (Å²) in [6.07, 6.45) is 0. The number of hydrogen-bond donors (Lipinski definition) is 0. The van der Waals surface area contributed by atoms with Crippen LogP contribution in [0.1, 0.15) is 75.2 Å². The first-order valence-corrected chi connectivity index (χ1v) is 10.3. The lowest BCUT2D eigenvalue weighted by atomic mass is 9.87. The van der Waals surface area contributed by atoms with Gasteiger partial charge in [-0.05, 0) is 70.2 Å². The Bertz CT molecular complexity index is 1040. The van der Waals surface area contributed by atoms with Crippen molar-refractivity contribution in [2.45, 2.75) is 52.4 Å². The van der Waals surface area contributed by atoms with E-state index in [9.17, 15) is 0 Å². The maximum atomic E-state index is 4.57. The molecule has 0 saturated heterocycles. The number of pyridine rings is 1. The zero-order valence-corrected chi connectivity index (χ0v) is 18.8. The van der Waals surface area contributed by atoms with E-state index in [1.54, 1.807) is 0 Å². The van der Waals surface area contributed by atoms with Crippen LogP contribution in [0.5, 0.6) is 0 Å². The first-order chi connectivity index (χ1) is 14.1. The molecule has 0 fully saturated rings. The molecule has 1 nitrogen and oxygen atoms in total. The zero-order chi connectivity index (χ0) is 21.8. The van der Waals surface area contributed by atoms with Gasteiger partial charge in [-0.1, -0.05) is 83.7 Å². The predicted octanol–water partition coefficient (Wildman–Crippen LogP) is 6.48. The van der Waals surface area contributed by atoms with Crippen molar-refractivity contribution in [2.24, 2.45) is 0 Å². The van der Waals surface area contributed by atoms with Gasteiger partial charge < -0.3 is 0 Å². The van der Waals surface area contributed by atoms with Crippen molar-refractivity contribution in [3.8, 4) is 23.7 Å². The first-order valence-electron chi connectivity index (χ1n) is 10.3. The highest BCUT2D eigenvalue weighted by molar-refractivity contribution is 5.45. The average molecular weight is 392 g/mol. The summed E-state index contributed by atoms with van der Waals surface area (Å²) in [7, 11) is 0. The van der Waals surface area contributed by atoms with Crippen LogP contribution in [-0.4, -0.2) is 4.98 Å². The lowest BCUT2D eigenvalue weighted by molar-refractivity contribution is 0.590. The van der Waals surface area contributed by atoms with Gasteiger partial charge in [0, 0.05) is 11.1 Å². The van der Waals surface area contributed by atoms with E-state index in [4.69, 9.17) is 0 Å². The van der Waals surface area contributed by atoms with E-state index in [0.717, 1.165) is 22.5 Å². The molecule has 3 aromatic rings. The van der Waals surface area contributed by atoms with Gasteiger partial charge in [-0.15, -0.1) is 0 Å². The summed E-state index contributed by atoms with van der Waals surface area (Å²) in [5.74, 6) is 12.7. The molecule has 0 aliphatic rings. The van der Waals surface area contributed by atoms with Crippen molar-refractivity contribution in [2.75, 3.05) is 0 Å². The van der Waals surface area contributed by atoms with E-state index >= 15 is 0 Å². The Labute approximate surface area is 181 Å². The Morgan fingerprint density at radius 1 is 0.500 bits per heavy atom. The van der Waals surface area contributed by atoms with Crippen LogP contribution in [0.4, 0.5) is 0 Å². The predicted molar refractivity (Wildman–Crippen MR) is 126 cm³/mol. The third kappa shape index (κ3) is 5.85. The van der Waals surface area contributed by atoms with Crippen molar-refractivity contribution in [3.05, 3.63) is 100 Å². The molecule has 0 aliphatic heterocycles. The SMILES string of the molecule is CC(C)(C)c1ccc(C#Cc2cccc(C#Cc3ccc(C(C)(C)C)cc3)n2)cc1. The van der Waals surface area contributed by atoms with Crippen LogP contribution in [0, 0.1) is 23.7 Å². The van der Waals surface area contributed by atoms with Gasteiger partial charge in [-0.3, -0.25) is 0 Å². The molecule has 2 aromatic carbocycles. The average Bonchev–Trinajstić information content (AvgIpc) is 2.70. The first kappa shape index (κ1) is 21.4. The number of hydrogen-bond acceptors (Lipinski definition) is 1. The van der Waals surface area contributed by atoms with Crippen LogP contribution >= 0.6 is 0 Å². The molecular formula is C29H29N. The Balaban J connectivity index is 1.75. The molecule has 0 aliphatic carbocycles. The van der Waals surface area contributed by atoms with Crippen LogP contribution in [0.25, 0.3) is 0 Å². The second-order valence-electron chi connectivity index (χ2n) is 9.56. The topological polar surface area (TPSA) is 12.9 Å². The molecule has 30 heavy (non-hydrogen) atoms. The molecule has 0 radical (unpaired) electrons. The van der Waals surface area contributed by atoms with Gasteiger partial charge >= 0.3 is 0 Å². The molecule has 0 atom stereocenters. The third-order valence-corrected chi connectivity index (χ3v) is 4.92. The monoisotopic (exact) mass is 391 g/mol. The Morgan fingerprint density at radius 3 is 1.20 bits per heavy atom. The molecule has 150 valence electrons. The maximum absolute atomic E-state index is 4.57. The molecule has 0 unspecified atom stereocenters. The van der Waals surface area contributed by atoms with Crippen LogP contribution in [0.3, 0.4) is 0 Å². The van der Waals surface area contributed by atoms with E-state index in [2.05, 4.69) is 119 Å². The van der Waals surface area contributed by atoms with Gasteiger partial charge in [0.2, 0.25) is 0 Å². The fourth-order valence-corrected chi connectivity index (χ4v) is 2.95. The second kappa shape index (κ2) is 8.61. The summed E-state index contributed by atoms with van der Waals surface area (Å²) in [5.41, 5.74) is 6.33. The van der Waals surface area contributed by atoms with E-state index in [-0.39, 0.29) is 10.8 Å². The van der Waals surface area contributed by atoms with Gasteiger partial charge in [0.15, 0.2) is 0 Å². The highest BCUT2D eigenvalue weighted by atomic mass is 14.7. The minimum atomic E-state index is 0.146. The van der Waals surface area contributed by atoms with Gasteiger partial charge in [0.25, 0.3) is 0 Å². The Kier molecular flexibility index (Phi) is 6.14. The van der Waals surface area contributed by atoms with Crippen molar-refractivity contribution < 1.29 is 0 Å². The summed E-state index contributed by atoms with van der Waals surface area (Å²) in [6, 6.07) is 22.6. The standard InChI is InChI=1S/C29H29N/c1-28(2,3)24-16-10-22(11-17-24)14-20-26-8-7-9-27(30-26)21-15-23-12-18-25(19-13-23)29(4,5)6/h7-13,16-19H,1-6H3. The highest BCUT2D eigenvalue weighted by Crippen LogP contribution is 2.22. The summed E-state index contributed by atoms with van der Waals surface area (Å²) in [6.45, 7) is 13.3. The number of nitrogens with zero attached hydrogens (tertiary/aromatic N) is 1. The van der Waals surface area contributed by atoms with Crippen molar-refractivity contribution in [1.29, 1.82) is 0 Å². The fraction of sp³-hybridized carbons (Fsp3) is 0.276. The Morgan fingerprint density at radius 2 is 0.867 bits per heavy atom. The van der Waals surface area contributed by atoms with Gasteiger partial charge in [0.05, 0.1) is 0 Å². The summed E-state index contributed by atoms with van der Waals surface area (Å²) >= 11 is 0. The van der Waals surface area contributed by atoms with Crippen LogP contribution in [0.15, 0.2) is 66.7 Å². The number of rotatable bonds is 0. The lowest BCUT2D eigenvalue weighted by Crippen LogP contribution is -2.10. The number of benzene rings is 2. The van der Waals surface area contributed by atoms with E-state index < -0.39 is 0 Å². The van der Waals surface area contributed by atoms with Crippen molar-refractivity contribution in [1.82, 2.24) is 4.98 Å². The molecule has 0 N–H and O–H groups in total. The number of aromatic nitrogens is 1. The normalized spacial score (nSPS) is 11.1. The summed E-state index contributed by atoms with van der Waals surface area (Å²) in [4.78, 5) is 4.57. The quantitative estimate of drug-likeness (QED) is 0.400. The fourth-order valence-electron chi connectivity index (χ4n) is 2.95. The molecule has 1 heterocycles. The minimum Gasteiger partial charge on any atom is -0.231 e. The molecule has 0 saturated carbocycles. The van der Waals surface area contributed by atoms with Gasteiger partial charge in [-0.2, -0.15) is 0 Å². The third-order valence-electron chi connectivity index (χ3n) is 4.92. The van der Waals surface area contributed by atoms with E-state index in [1.807, 2.05) is 18.2 Å². The minimum absolute atomic E-state index is 0.146. The van der Waals surface area contributed by atoms with E-state index in [0.29, 0.717) is 0 Å². The van der Waals surface area contributed by atoms with Gasteiger partial charge in [0.1, 0.15) is 11.4 Å². The molecule has 1 aromatic heterocycles. The van der Waals surface area contributed by atoms with Crippen LogP contribution in [-0.2, 0) is 10.8 Å². The smallest absolute Gasteiger partial charge is 0.115 e. The molecule has 0 spiro atoms. The van der Waals surface area contributed by atoms with Crippen molar-refractivity contribution in [3.63, 3.8) is 0 Å². The summed E-state index contributed by atoms with van der Waals surface area (Å²) < 4.78 is 0. The van der Waals surface area contributed by atoms with Crippen molar-refractivity contribution >= 4 is 0 Å². The molecule has 0 amide bonds. The van der Waals surface area contributed by atoms with E-state index in [1.165, 1.54) is 11.1 Å². The molecular weight excluding hydrogens is 362 g/mol. The summed E-state index contributed by atoms with van der Waals surface area (Å²) in [5, 5.41) is 0. The van der Waals surface area contributed by atoms with Crippen LogP contribution < -0.4 is 0 Å². The molecule has 1 heteroatoms. The molecule has 3 rings (SSSR count). The highest BCUT2D eigenvalue weighted by Gasteiger charge is 2.13. The molecule has 0 bridgehead atoms.